The Morgan fingerprint density at radius 3 is 2.68 bits per heavy atom. The van der Waals surface area contributed by atoms with Gasteiger partial charge in [-0.1, -0.05) is 19.9 Å². The summed E-state index contributed by atoms with van der Waals surface area (Å²) in [6.07, 6.45) is 1.77. The summed E-state index contributed by atoms with van der Waals surface area (Å²) < 4.78 is 0. The van der Waals surface area contributed by atoms with E-state index in [0.717, 1.165) is 4.90 Å². The molecular formula is C15H19N3O4. The highest BCUT2D eigenvalue weighted by Gasteiger charge is 2.42. The van der Waals surface area contributed by atoms with Crippen LogP contribution in [-0.2, 0) is 20.8 Å². The van der Waals surface area contributed by atoms with Gasteiger partial charge in [-0.15, -0.1) is 0 Å². The summed E-state index contributed by atoms with van der Waals surface area (Å²) in [5, 5.41) is 2.15. The largest absolute Gasteiger partial charge is 0.295 e. The number of fused-ring (bicyclic) bond motifs is 1. The zero-order valence-electron chi connectivity index (χ0n) is 12.5. The summed E-state index contributed by atoms with van der Waals surface area (Å²) in [6.45, 7) is 4.00. The van der Waals surface area contributed by atoms with E-state index in [4.69, 9.17) is 0 Å². The van der Waals surface area contributed by atoms with Gasteiger partial charge in [-0.05, 0) is 18.1 Å². The predicted octanol–water partition coefficient (Wildman–Crippen LogP) is 0.684. The summed E-state index contributed by atoms with van der Waals surface area (Å²) in [6, 6.07) is 2.39. The van der Waals surface area contributed by atoms with Gasteiger partial charge in [0.1, 0.15) is 11.7 Å². The van der Waals surface area contributed by atoms with Crippen molar-refractivity contribution in [3.63, 3.8) is 0 Å². The number of piperidine rings is 1. The molecule has 0 bridgehead atoms. The molecule has 1 aromatic rings. The van der Waals surface area contributed by atoms with Gasteiger partial charge in [0.15, 0.2) is 0 Å². The molecule has 0 spiro atoms. The predicted molar refractivity (Wildman–Crippen MR) is 78.8 cm³/mol. The lowest BCUT2D eigenvalue weighted by atomic mass is 9.98. The van der Waals surface area contributed by atoms with Gasteiger partial charge in [0.05, 0.1) is 6.42 Å². The zero-order valence-corrected chi connectivity index (χ0v) is 12.5. The van der Waals surface area contributed by atoms with E-state index in [9.17, 15) is 19.2 Å². The van der Waals surface area contributed by atoms with Gasteiger partial charge in [0.2, 0.25) is 17.7 Å². The molecule has 3 heterocycles. The van der Waals surface area contributed by atoms with Crippen LogP contribution in [0.4, 0.5) is 0 Å². The van der Waals surface area contributed by atoms with Crippen LogP contribution in [0.1, 0.15) is 44.2 Å². The number of hydrogen-bond acceptors (Lipinski definition) is 5. The molecule has 1 saturated heterocycles. The Hall–Kier alpha value is -2.57. The van der Waals surface area contributed by atoms with Crippen molar-refractivity contribution in [1.29, 1.82) is 0 Å². The zero-order chi connectivity index (χ0) is 16.3. The number of carbonyl (C=O) groups is 4. The standard InChI is InChI=1S/C13H11N3O4.C2H6.H2/c17-9-4-3-8(12(19)15-9)16-10(18)6-7-2-1-5-14-11(7)13(16)20;1-2;/h1-2,5,8H,3-4,6H2,(H,15,17,19);1-2H3;1H. The lowest BCUT2D eigenvalue weighted by Gasteiger charge is -2.33. The van der Waals surface area contributed by atoms with Gasteiger partial charge < -0.3 is 0 Å². The first kappa shape index (κ1) is 15.8. The lowest BCUT2D eigenvalue weighted by molar-refractivity contribution is -0.143. The van der Waals surface area contributed by atoms with Gasteiger partial charge in [-0.25, -0.2) is 0 Å². The number of rotatable bonds is 1. The van der Waals surface area contributed by atoms with Crippen LogP contribution >= 0.6 is 0 Å². The van der Waals surface area contributed by atoms with E-state index in [0.29, 0.717) is 5.56 Å². The molecule has 3 rings (SSSR count). The molecule has 4 amide bonds. The quantitative estimate of drug-likeness (QED) is 0.770. The highest BCUT2D eigenvalue weighted by Crippen LogP contribution is 2.22. The summed E-state index contributed by atoms with van der Waals surface area (Å²) in [5.41, 5.74) is 0.753. The molecule has 1 atom stereocenters. The second kappa shape index (κ2) is 6.46. The molecule has 1 unspecified atom stereocenters. The Balaban J connectivity index is 0.000000849. The van der Waals surface area contributed by atoms with Crippen molar-refractivity contribution >= 4 is 23.6 Å². The normalized spacial score (nSPS) is 20.8. The van der Waals surface area contributed by atoms with Crippen LogP contribution in [0.5, 0.6) is 0 Å². The first-order chi connectivity index (χ1) is 10.6. The molecule has 0 aromatic carbocycles. The summed E-state index contributed by atoms with van der Waals surface area (Å²) in [7, 11) is 0. The molecule has 7 nitrogen and oxygen atoms in total. The minimum atomic E-state index is -0.928. The molecule has 0 aliphatic carbocycles. The number of pyridine rings is 1. The van der Waals surface area contributed by atoms with Crippen molar-refractivity contribution < 1.29 is 20.6 Å². The fourth-order valence-corrected chi connectivity index (χ4v) is 2.49. The Morgan fingerprint density at radius 2 is 2.00 bits per heavy atom. The van der Waals surface area contributed by atoms with Crippen LogP contribution in [-0.4, -0.2) is 39.6 Å². The Kier molecular flexibility index (Phi) is 4.65. The topological polar surface area (TPSA) is 96.4 Å². The Morgan fingerprint density at radius 1 is 1.27 bits per heavy atom. The smallest absolute Gasteiger partial charge is 0.280 e. The van der Waals surface area contributed by atoms with E-state index in [1.165, 1.54) is 6.20 Å². The minimum Gasteiger partial charge on any atom is -0.295 e. The average Bonchev–Trinajstić information content (AvgIpc) is 2.51. The highest BCUT2D eigenvalue weighted by molar-refractivity contribution is 6.12. The fraction of sp³-hybridized carbons (Fsp3) is 0.400. The third-order valence-electron chi connectivity index (χ3n) is 3.44. The second-order valence-corrected chi connectivity index (χ2v) is 4.72. The number of aromatic nitrogens is 1. The van der Waals surface area contributed by atoms with Crippen LogP contribution in [0.3, 0.4) is 0 Å². The van der Waals surface area contributed by atoms with Crippen LogP contribution < -0.4 is 5.32 Å². The van der Waals surface area contributed by atoms with E-state index in [2.05, 4.69) is 10.3 Å². The second-order valence-electron chi connectivity index (χ2n) is 4.72. The van der Waals surface area contributed by atoms with Gasteiger partial charge in [0.25, 0.3) is 5.91 Å². The van der Waals surface area contributed by atoms with Crippen LogP contribution in [0.2, 0.25) is 0 Å². The van der Waals surface area contributed by atoms with Gasteiger partial charge in [0, 0.05) is 14.0 Å². The SMILES string of the molecule is CC.O=C1CCC(N2C(=O)Cc3cccnc3C2=O)C(=O)N1.[HH]. The first-order valence-corrected chi connectivity index (χ1v) is 7.22. The number of nitrogens with zero attached hydrogens (tertiary/aromatic N) is 2. The maximum atomic E-state index is 12.3. The highest BCUT2D eigenvalue weighted by atomic mass is 16.2. The molecule has 0 radical (unpaired) electrons. The van der Waals surface area contributed by atoms with Gasteiger partial charge >= 0.3 is 0 Å². The van der Waals surface area contributed by atoms with Crippen molar-refractivity contribution in [2.75, 3.05) is 0 Å². The van der Waals surface area contributed by atoms with Crippen molar-refractivity contribution in [2.24, 2.45) is 0 Å². The average molecular weight is 305 g/mol. The van der Waals surface area contributed by atoms with E-state index in [1.807, 2.05) is 13.8 Å². The molecule has 22 heavy (non-hydrogen) atoms. The molecule has 2 aliphatic heterocycles. The molecule has 1 fully saturated rings. The number of imide groups is 2. The van der Waals surface area contributed by atoms with Crippen molar-refractivity contribution in [3.05, 3.63) is 29.6 Å². The number of nitrogens with one attached hydrogen (secondary N) is 1. The van der Waals surface area contributed by atoms with Gasteiger partial charge in [-0.3, -0.25) is 34.4 Å². The van der Waals surface area contributed by atoms with Crippen LogP contribution in [0, 0.1) is 0 Å². The molecular weight excluding hydrogens is 286 g/mol. The molecule has 2 aliphatic rings. The lowest BCUT2D eigenvalue weighted by Crippen LogP contribution is -2.58. The third-order valence-corrected chi connectivity index (χ3v) is 3.44. The number of carbonyl (C=O) groups excluding carboxylic acids is 4. The third kappa shape index (κ3) is 2.74. The van der Waals surface area contributed by atoms with Crippen LogP contribution in [0.15, 0.2) is 18.3 Å². The van der Waals surface area contributed by atoms with Crippen LogP contribution in [0.25, 0.3) is 0 Å². The van der Waals surface area contributed by atoms with E-state index in [1.54, 1.807) is 12.1 Å². The first-order valence-electron chi connectivity index (χ1n) is 7.22. The Bertz CT molecular complexity index is 647. The number of amides is 4. The van der Waals surface area contributed by atoms with Gasteiger partial charge in [-0.2, -0.15) is 0 Å². The van der Waals surface area contributed by atoms with E-state index < -0.39 is 23.8 Å². The summed E-state index contributed by atoms with van der Waals surface area (Å²) in [5.74, 6) is -2.01. The Labute approximate surface area is 129 Å². The van der Waals surface area contributed by atoms with E-state index >= 15 is 0 Å². The van der Waals surface area contributed by atoms with Crippen molar-refractivity contribution in [2.45, 2.75) is 39.2 Å². The van der Waals surface area contributed by atoms with Crippen molar-refractivity contribution in [1.82, 2.24) is 15.2 Å². The number of hydrogen-bond donors (Lipinski definition) is 1. The fourth-order valence-electron chi connectivity index (χ4n) is 2.49. The molecule has 0 saturated carbocycles. The molecule has 1 N–H and O–H groups in total. The maximum Gasteiger partial charge on any atom is 0.280 e. The minimum absolute atomic E-state index is 0. The molecule has 118 valence electrons. The van der Waals surface area contributed by atoms with E-state index in [-0.39, 0.29) is 32.3 Å². The summed E-state index contributed by atoms with van der Waals surface area (Å²) >= 11 is 0. The maximum absolute atomic E-state index is 12.3. The summed E-state index contributed by atoms with van der Waals surface area (Å²) in [4.78, 5) is 52.3. The van der Waals surface area contributed by atoms with Crippen molar-refractivity contribution in [3.8, 4) is 0 Å². The monoisotopic (exact) mass is 305 g/mol. The molecule has 7 heteroatoms. The molecule has 1 aromatic heterocycles.